The molecule has 6 heteroatoms. The molecular formula is C25H25N3O3. The van der Waals surface area contributed by atoms with Crippen molar-refractivity contribution in [3.05, 3.63) is 100 Å². The smallest absolute Gasteiger partial charge is 0.275 e. The number of nitrogens with one attached hydrogen (secondary N) is 1. The SMILES string of the molecule is CC.Cc1nc2ccccc2c(=O)n1Cc1ccc(C(=O)NO)c(-c2ccccc2)c1. The summed E-state index contributed by atoms with van der Waals surface area (Å²) in [5.74, 6) is 0.0308. The average Bonchev–Trinajstić information content (AvgIpc) is 2.83. The summed E-state index contributed by atoms with van der Waals surface area (Å²) in [5.41, 5.74) is 4.98. The molecule has 0 radical (unpaired) electrons. The highest BCUT2D eigenvalue weighted by molar-refractivity contribution is 6.00. The predicted molar refractivity (Wildman–Crippen MR) is 122 cm³/mol. The second kappa shape index (κ2) is 9.82. The van der Waals surface area contributed by atoms with Crippen molar-refractivity contribution in [3.63, 3.8) is 0 Å². The van der Waals surface area contributed by atoms with Gasteiger partial charge >= 0.3 is 0 Å². The summed E-state index contributed by atoms with van der Waals surface area (Å²) in [6.45, 7) is 6.13. The number of fused-ring (bicyclic) bond motifs is 1. The van der Waals surface area contributed by atoms with Gasteiger partial charge in [-0.25, -0.2) is 10.5 Å². The Morgan fingerprint density at radius 2 is 1.68 bits per heavy atom. The van der Waals surface area contributed by atoms with Crippen LogP contribution in [0.4, 0.5) is 0 Å². The Balaban J connectivity index is 0.00000132. The number of aromatic nitrogens is 2. The first-order valence-electron chi connectivity index (χ1n) is 10.2. The lowest BCUT2D eigenvalue weighted by Crippen LogP contribution is -2.24. The zero-order chi connectivity index (χ0) is 22.4. The van der Waals surface area contributed by atoms with E-state index in [1.807, 2.05) is 68.4 Å². The zero-order valence-corrected chi connectivity index (χ0v) is 17.8. The van der Waals surface area contributed by atoms with Gasteiger partial charge in [0.15, 0.2) is 0 Å². The standard InChI is InChI=1S/C23H19N3O3.C2H6/c1-15-24-21-10-6-5-9-19(21)23(28)26(15)14-16-11-12-18(22(27)25-29)20(13-16)17-7-3-2-4-8-17;1-2/h2-13,29H,14H2,1H3,(H,25,27);1-2H3. The van der Waals surface area contributed by atoms with Crippen LogP contribution in [0.3, 0.4) is 0 Å². The molecule has 0 aliphatic carbocycles. The molecule has 0 bridgehead atoms. The number of para-hydroxylation sites is 1. The van der Waals surface area contributed by atoms with Crippen LogP contribution in [0.25, 0.3) is 22.0 Å². The van der Waals surface area contributed by atoms with Crippen LogP contribution >= 0.6 is 0 Å². The number of hydroxylamine groups is 1. The molecule has 4 aromatic rings. The Morgan fingerprint density at radius 3 is 2.39 bits per heavy atom. The van der Waals surface area contributed by atoms with E-state index in [0.717, 1.165) is 11.1 Å². The summed E-state index contributed by atoms with van der Waals surface area (Å²) in [7, 11) is 0. The zero-order valence-electron chi connectivity index (χ0n) is 17.8. The van der Waals surface area contributed by atoms with Crippen LogP contribution in [0.2, 0.25) is 0 Å². The molecule has 0 saturated heterocycles. The predicted octanol–water partition coefficient (Wildman–Crippen LogP) is 4.57. The van der Waals surface area contributed by atoms with Gasteiger partial charge in [-0.05, 0) is 47.9 Å². The second-order valence-electron chi connectivity index (χ2n) is 6.75. The van der Waals surface area contributed by atoms with Gasteiger partial charge in [-0.1, -0.05) is 62.4 Å². The van der Waals surface area contributed by atoms with E-state index in [1.54, 1.807) is 35.2 Å². The quantitative estimate of drug-likeness (QED) is 0.378. The first-order valence-corrected chi connectivity index (χ1v) is 10.2. The Hall–Kier alpha value is -3.77. The van der Waals surface area contributed by atoms with Crippen molar-refractivity contribution in [2.45, 2.75) is 27.3 Å². The molecule has 0 unspecified atom stereocenters. The summed E-state index contributed by atoms with van der Waals surface area (Å²) in [5, 5.41) is 9.65. The highest BCUT2D eigenvalue weighted by atomic mass is 16.5. The number of hydrogen-bond donors (Lipinski definition) is 2. The molecule has 0 fully saturated rings. The largest absolute Gasteiger partial charge is 0.292 e. The fourth-order valence-electron chi connectivity index (χ4n) is 3.45. The Morgan fingerprint density at radius 1 is 1.00 bits per heavy atom. The van der Waals surface area contributed by atoms with Crippen molar-refractivity contribution in [2.75, 3.05) is 0 Å². The minimum Gasteiger partial charge on any atom is -0.292 e. The Kier molecular flexibility index (Phi) is 6.95. The average molecular weight is 415 g/mol. The van der Waals surface area contributed by atoms with Crippen molar-refractivity contribution >= 4 is 16.8 Å². The first-order chi connectivity index (χ1) is 15.1. The van der Waals surface area contributed by atoms with Gasteiger partial charge in [0, 0.05) is 5.56 Å². The molecular weight excluding hydrogens is 390 g/mol. The molecule has 3 aromatic carbocycles. The maximum Gasteiger partial charge on any atom is 0.275 e. The maximum atomic E-state index is 13.0. The summed E-state index contributed by atoms with van der Waals surface area (Å²) in [4.78, 5) is 29.6. The third-order valence-corrected chi connectivity index (χ3v) is 4.91. The van der Waals surface area contributed by atoms with Crippen molar-refractivity contribution in [3.8, 4) is 11.1 Å². The number of hydrogen-bond acceptors (Lipinski definition) is 4. The van der Waals surface area contributed by atoms with E-state index in [4.69, 9.17) is 5.21 Å². The van der Waals surface area contributed by atoms with Crippen LogP contribution < -0.4 is 11.0 Å². The lowest BCUT2D eigenvalue weighted by molar-refractivity contribution is 0.0707. The van der Waals surface area contributed by atoms with Crippen LogP contribution in [0.5, 0.6) is 0 Å². The van der Waals surface area contributed by atoms with Gasteiger partial charge in [0.2, 0.25) is 0 Å². The van der Waals surface area contributed by atoms with Crippen LogP contribution in [0.1, 0.15) is 35.6 Å². The van der Waals surface area contributed by atoms with Gasteiger partial charge in [0.05, 0.1) is 17.4 Å². The lowest BCUT2D eigenvalue weighted by atomic mass is 9.96. The van der Waals surface area contributed by atoms with E-state index in [2.05, 4.69) is 4.98 Å². The van der Waals surface area contributed by atoms with Crippen LogP contribution in [-0.4, -0.2) is 20.7 Å². The summed E-state index contributed by atoms with van der Waals surface area (Å²) < 4.78 is 1.62. The van der Waals surface area contributed by atoms with Gasteiger partial charge in [0.25, 0.3) is 11.5 Å². The fraction of sp³-hybridized carbons (Fsp3) is 0.160. The monoisotopic (exact) mass is 415 g/mol. The van der Waals surface area contributed by atoms with Gasteiger partial charge in [0.1, 0.15) is 5.82 Å². The molecule has 0 aliphatic rings. The Bertz CT molecular complexity index is 1260. The van der Waals surface area contributed by atoms with Crippen molar-refractivity contribution in [1.29, 1.82) is 0 Å². The molecule has 0 atom stereocenters. The molecule has 0 aliphatic heterocycles. The van der Waals surface area contributed by atoms with E-state index < -0.39 is 5.91 Å². The highest BCUT2D eigenvalue weighted by Gasteiger charge is 2.14. The summed E-state index contributed by atoms with van der Waals surface area (Å²) in [6.07, 6.45) is 0. The number of carbonyl (C=O) groups is 1. The highest BCUT2D eigenvalue weighted by Crippen LogP contribution is 2.25. The van der Waals surface area contributed by atoms with E-state index in [0.29, 0.717) is 34.4 Å². The van der Waals surface area contributed by atoms with Crippen LogP contribution in [0.15, 0.2) is 77.6 Å². The number of aryl methyl sites for hydroxylation is 1. The first kappa shape index (κ1) is 21.9. The molecule has 0 saturated carbocycles. The van der Waals surface area contributed by atoms with Gasteiger partial charge < -0.3 is 0 Å². The minimum atomic E-state index is -0.587. The summed E-state index contributed by atoms with van der Waals surface area (Å²) in [6, 6.07) is 22.0. The van der Waals surface area contributed by atoms with Crippen molar-refractivity contribution in [1.82, 2.24) is 15.0 Å². The number of carbonyl (C=O) groups excluding carboxylic acids is 1. The fourth-order valence-corrected chi connectivity index (χ4v) is 3.45. The minimum absolute atomic E-state index is 0.105. The topological polar surface area (TPSA) is 84.2 Å². The van der Waals surface area contributed by atoms with Crippen molar-refractivity contribution in [2.24, 2.45) is 0 Å². The molecule has 31 heavy (non-hydrogen) atoms. The van der Waals surface area contributed by atoms with E-state index in [-0.39, 0.29) is 5.56 Å². The van der Waals surface area contributed by atoms with Crippen LogP contribution in [0, 0.1) is 6.92 Å². The van der Waals surface area contributed by atoms with Crippen molar-refractivity contribution < 1.29 is 10.0 Å². The number of nitrogens with zero attached hydrogens (tertiary/aromatic N) is 2. The molecule has 4 rings (SSSR count). The van der Waals surface area contributed by atoms with Crippen LogP contribution in [-0.2, 0) is 6.54 Å². The molecule has 2 N–H and O–H groups in total. The molecule has 0 spiro atoms. The van der Waals surface area contributed by atoms with Gasteiger partial charge in [-0.15, -0.1) is 0 Å². The molecule has 1 aromatic heterocycles. The van der Waals surface area contributed by atoms with Gasteiger partial charge in [-0.3, -0.25) is 19.4 Å². The molecule has 6 nitrogen and oxygen atoms in total. The summed E-state index contributed by atoms with van der Waals surface area (Å²) >= 11 is 0. The number of rotatable bonds is 4. The lowest BCUT2D eigenvalue weighted by Gasteiger charge is -2.14. The third kappa shape index (κ3) is 4.54. The van der Waals surface area contributed by atoms with Gasteiger partial charge in [-0.2, -0.15) is 0 Å². The van der Waals surface area contributed by atoms with E-state index >= 15 is 0 Å². The third-order valence-electron chi connectivity index (χ3n) is 4.91. The van der Waals surface area contributed by atoms with E-state index in [9.17, 15) is 9.59 Å². The Labute approximate surface area is 180 Å². The number of benzene rings is 3. The number of amides is 1. The molecule has 1 amide bonds. The molecule has 1 heterocycles. The van der Waals surface area contributed by atoms with E-state index in [1.165, 1.54) is 0 Å². The second-order valence-corrected chi connectivity index (χ2v) is 6.75. The maximum absolute atomic E-state index is 13.0. The molecule has 158 valence electrons. The normalized spacial score (nSPS) is 10.3.